The Hall–Kier alpha value is -1.75. The standard InChI is InChI=1S/C13H18N2O3/c1-9-13(12(14)16,7-8-18-9)15-10-3-5-11(17-2)6-4-10/h3-6,9,15H,7-8H2,1-2H3,(H2,14,16). The Bertz CT molecular complexity index is 432. The van der Waals surface area contributed by atoms with Crippen molar-refractivity contribution in [3.8, 4) is 5.75 Å². The van der Waals surface area contributed by atoms with Crippen LogP contribution in [0.3, 0.4) is 0 Å². The van der Waals surface area contributed by atoms with E-state index in [0.717, 1.165) is 11.4 Å². The molecule has 0 bridgehead atoms. The van der Waals surface area contributed by atoms with Crippen LogP contribution in [0.5, 0.6) is 5.75 Å². The van der Waals surface area contributed by atoms with Crippen LogP contribution in [0.15, 0.2) is 24.3 Å². The van der Waals surface area contributed by atoms with E-state index in [1.165, 1.54) is 0 Å². The van der Waals surface area contributed by atoms with E-state index in [2.05, 4.69) is 5.32 Å². The third kappa shape index (κ3) is 2.13. The topological polar surface area (TPSA) is 73.6 Å². The van der Waals surface area contributed by atoms with Gasteiger partial charge < -0.3 is 20.5 Å². The summed E-state index contributed by atoms with van der Waals surface area (Å²) < 4.78 is 10.5. The van der Waals surface area contributed by atoms with Gasteiger partial charge in [-0.05, 0) is 31.2 Å². The largest absolute Gasteiger partial charge is 0.497 e. The van der Waals surface area contributed by atoms with Gasteiger partial charge in [-0.25, -0.2) is 0 Å². The van der Waals surface area contributed by atoms with Crippen molar-refractivity contribution in [2.24, 2.45) is 5.73 Å². The Labute approximate surface area is 106 Å². The summed E-state index contributed by atoms with van der Waals surface area (Å²) in [6.45, 7) is 2.39. The molecule has 3 N–H and O–H groups in total. The van der Waals surface area contributed by atoms with E-state index in [0.29, 0.717) is 13.0 Å². The van der Waals surface area contributed by atoms with Crippen LogP contribution >= 0.6 is 0 Å². The first kappa shape index (κ1) is 12.7. The van der Waals surface area contributed by atoms with E-state index in [1.54, 1.807) is 7.11 Å². The van der Waals surface area contributed by atoms with Crippen molar-refractivity contribution in [2.45, 2.75) is 25.0 Å². The average molecular weight is 250 g/mol. The normalized spacial score (nSPS) is 26.9. The lowest BCUT2D eigenvalue weighted by Gasteiger charge is -2.31. The smallest absolute Gasteiger partial charge is 0.245 e. The number of nitrogens with two attached hydrogens (primary N) is 1. The second-order valence-electron chi connectivity index (χ2n) is 4.45. The first-order valence-corrected chi connectivity index (χ1v) is 5.92. The molecule has 1 aliphatic rings. The van der Waals surface area contributed by atoms with Crippen molar-refractivity contribution in [3.05, 3.63) is 24.3 Å². The molecule has 5 nitrogen and oxygen atoms in total. The highest BCUT2D eigenvalue weighted by Crippen LogP contribution is 2.30. The third-order valence-electron chi connectivity index (χ3n) is 3.46. The zero-order valence-corrected chi connectivity index (χ0v) is 10.6. The van der Waals surface area contributed by atoms with E-state index in [-0.39, 0.29) is 12.0 Å². The van der Waals surface area contributed by atoms with Gasteiger partial charge in [0, 0.05) is 18.7 Å². The molecule has 1 aromatic rings. The molecule has 2 atom stereocenters. The summed E-state index contributed by atoms with van der Waals surface area (Å²) in [6, 6.07) is 7.37. The average Bonchev–Trinajstić information content (AvgIpc) is 2.73. The Morgan fingerprint density at radius 1 is 1.50 bits per heavy atom. The molecule has 0 aliphatic carbocycles. The number of carbonyl (C=O) groups is 1. The van der Waals surface area contributed by atoms with Gasteiger partial charge in [-0.2, -0.15) is 0 Å². The van der Waals surface area contributed by atoms with E-state index in [1.807, 2.05) is 31.2 Å². The number of methoxy groups -OCH3 is 1. The molecule has 0 saturated carbocycles. The van der Waals surface area contributed by atoms with Crippen LogP contribution in [-0.4, -0.2) is 31.3 Å². The summed E-state index contributed by atoms with van der Waals surface area (Å²) in [7, 11) is 1.61. The lowest BCUT2D eigenvalue weighted by molar-refractivity contribution is -0.123. The van der Waals surface area contributed by atoms with Crippen LogP contribution in [0, 0.1) is 0 Å². The van der Waals surface area contributed by atoms with Gasteiger partial charge in [0.2, 0.25) is 5.91 Å². The van der Waals surface area contributed by atoms with Gasteiger partial charge in [0.15, 0.2) is 0 Å². The third-order valence-corrected chi connectivity index (χ3v) is 3.46. The van der Waals surface area contributed by atoms with Gasteiger partial charge in [-0.15, -0.1) is 0 Å². The number of ether oxygens (including phenoxy) is 2. The summed E-state index contributed by atoms with van der Waals surface area (Å²) in [4.78, 5) is 11.7. The Morgan fingerprint density at radius 2 is 2.17 bits per heavy atom. The SMILES string of the molecule is COc1ccc(NC2(C(N)=O)CCOC2C)cc1. The van der Waals surface area contributed by atoms with Gasteiger partial charge in [0.25, 0.3) is 0 Å². The van der Waals surface area contributed by atoms with Crippen LogP contribution < -0.4 is 15.8 Å². The van der Waals surface area contributed by atoms with Crippen LogP contribution in [0.1, 0.15) is 13.3 Å². The first-order chi connectivity index (χ1) is 8.58. The van der Waals surface area contributed by atoms with Gasteiger partial charge in [0.05, 0.1) is 13.2 Å². The van der Waals surface area contributed by atoms with Gasteiger partial charge in [-0.3, -0.25) is 4.79 Å². The number of benzene rings is 1. The maximum absolute atomic E-state index is 11.7. The quantitative estimate of drug-likeness (QED) is 0.840. The number of hydrogen-bond acceptors (Lipinski definition) is 4. The van der Waals surface area contributed by atoms with Crippen molar-refractivity contribution >= 4 is 11.6 Å². The van der Waals surface area contributed by atoms with Crippen molar-refractivity contribution in [1.82, 2.24) is 0 Å². The number of anilines is 1. The number of hydrogen-bond donors (Lipinski definition) is 2. The van der Waals surface area contributed by atoms with E-state index < -0.39 is 5.54 Å². The monoisotopic (exact) mass is 250 g/mol. The van der Waals surface area contributed by atoms with Crippen LogP contribution in [0.4, 0.5) is 5.69 Å². The van der Waals surface area contributed by atoms with E-state index in [4.69, 9.17) is 15.2 Å². The van der Waals surface area contributed by atoms with Crippen molar-refractivity contribution in [1.29, 1.82) is 0 Å². The number of carbonyl (C=O) groups excluding carboxylic acids is 1. The lowest BCUT2D eigenvalue weighted by atomic mass is 9.90. The molecule has 0 spiro atoms. The molecule has 18 heavy (non-hydrogen) atoms. The molecule has 1 aliphatic heterocycles. The highest BCUT2D eigenvalue weighted by Gasteiger charge is 2.46. The molecule has 1 heterocycles. The molecule has 98 valence electrons. The molecule has 1 saturated heterocycles. The van der Waals surface area contributed by atoms with Crippen LogP contribution in [-0.2, 0) is 9.53 Å². The van der Waals surface area contributed by atoms with Crippen LogP contribution in [0.2, 0.25) is 0 Å². The maximum atomic E-state index is 11.7. The summed E-state index contributed by atoms with van der Waals surface area (Å²) in [5.74, 6) is 0.382. The second kappa shape index (κ2) is 4.86. The summed E-state index contributed by atoms with van der Waals surface area (Å²) in [5.41, 5.74) is 5.52. The minimum atomic E-state index is -0.825. The predicted octanol–water partition coefficient (Wildman–Crippen LogP) is 1.14. The predicted molar refractivity (Wildman–Crippen MR) is 68.6 cm³/mol. The summed E-state index contributed by atoms with van der Waals surface area (Å²) in [5, 5.41) is 3.20. The van der Waals surface area contributed by atoms with Crippen LogP contribution in [0.25, 0.3) is 0 Å². The second-order valence-corrected chi connectivity index (χ2v) is 4.45. The van der Waals surface area contributed by atoms with Crippen molar-refractivity contribution in [2.75, 3.05) is 19.0 Å². The molecular formula is C13H18N2O3. The molecule has 0 aromatic heterocycles. The fraction of sp³-hybridized carbons (Fsp3) is 0.462. The Kier molecular flexibility index (Phi) is 3.43. The van der Waals surface area contributed by atoms with Gasteiger partial charge in [0.1, 0.15) is 11.3 Å². The fourth-order valence-corrected chi connectivity index (χ4v) is 2.22. The molecule has 2 rings (SSSR count). The Morgan fingerprint density at radius 3 is 2.61 bits per heavy atom. The molecule has 5 heteroatoms. The first-order valence-electron chi connectivity index (χ1n) is 5.92. The van der Waals surface area contributed by atoms with E-state index in [9.17, 15) is 4.79 Å². The van der Waals surface area contributed by atoms with E-state index >= 15 is 0 Å². The number of primary amides is 1. The number of amides is 1. The van der Waals surface area contributed by atoms with Crippen molar-refractivity contribution < 1.29 is 14.3 Å². The number of rotatable bonds is 4. The highest BCUT2D eigenvalue weighted by atomic mass is 16.5. The minimum absolute atomic E-state index is 0.239. The summed E-state index contributed by atoms with van der Waals surface area (Å²) in [6.07, 6.45) is 0.340. The zero-order chi connectivity index (χ0) is 13.2. The maximum Gasteiger partial charge on any atom is 0.245 e. The molecule has 1 amide bonds. The minimum Gasteiger partial charge on any atom is -0.497 e. The Balaban J connectivity index is 2.21. The zero-order valence-electron chi connectivity index (χ0n) is 10.6. The van der Waals surface area contributed by atoms with Gasteiger partial charge >= 0.3 is 0 Å². The molecule has 1 fully saturated rings. The van der Waals surface area contributed by atoms with Gasteiger partial charge in [-0.1, -0.05) is 0 Å². The fourth-order valence-electron chi connectivity index (χ4n) is 2.22. The molecule has 2 unspecified atom stereocenters. The number of nitrogens with one attached hydrogen (secondary N) is 1. The molecule has 1 aromatic carbocycles. The molecular weight excluding hydrogens is 232 g/mol. The molecule has 0 radical (unpaired) electrons. The lowest BCUT2D eigenvalue weighted by Crippen LogP contribution is -2.55. The highest BCUT2D eigenvalue weighted by molar-refractivity contribution is 5.89. The summed E-state index contributed by atoms with van der Waals surface area (Å²) >= 11 is 0. The van der Waals surface area contributed by atoms with Crippen molar-refractivity contribution in [3.63, 3.8) is 0 Å².